The summed E-state index contributed by atoms with van der Waals surface area (Å²) in [6.07, 6.45) is -26.8. The average molecular weight is 1000 g/mol. The summed E-state index contributed by atoms with van der Waals surface area (Å²) in [5.41, 5.74) is -5.65. The van der Waals surface area contributed by atoms with Crippen molar-refractivity contribution in [3.63, 3.8) is 0 Å². The first-order valence-corrected chi connectivity index (χ1v) is 18.6. The van der Waals surface area contributed by atoms with E-state index in [9.17, 15) is 90.4 Å². The van der Waals surface area contributed by atoms with E-state index in [1.165, 1.54) is 7.05 Å². The predicted molar refractivity (Wildman–Crippen MR) is 175 cm³/mol. The molecule has 5 fully saturated rings. The van der Waals surface area contributed by atoms with Gasteiger partial charge in [0.15, 0.2) is 5.41 Å². The van der Waals surface area contributed by atoms with Gasteiger partial charge in [-0.3, -0.25) is 24.5 Å². The van der Waals surface area contributed by atoms with Gasteiger partial charge in [0, 0.05) is 18.5 Å². The highest BCUT2D eigenvalue weighted by atomic mass is 127. The predicted octanol–water partition coefficient (Wildman–Crippen LogP) is 6.96. The van der Waals surface area contributed by atoms with Crippen LogP contribution in [0.1, 0.15) is 64.2 Å². The fraction of sp³-hybridized carbons (Fsp3) is 0.900. The summed E-state index contributed by atoms with van der Waals surface area (Å²) in [6.45, 7) is -1.36. The topological polar surface area (TPSA) is 194 Å². The van der Waals surface area contributed by atoms with Crippen LogP contribution in [0, 0.1) is 37.2 Å². The highest BCUT2D eigenvalue weighted by molar-refractivity contribution is 14.1. The van der Waals surface area contributed by atoms with Gasteiger partial charge in [0.2, 0.25) is 6.54 Å². The Balaban J connectivity index is 0.000000696. The van der Waals surface area contributed by atoms with Crippen LogP contribution in [-0.4, -0.2) is 119 Å². The third kappa shape index (κ3) is 13.0. The number of alkyl halides is 16. The molecule has 0 bridgehead atoms. The van der Waals surface area contributed by atoms with E-state index < -0.39 is 93.5 Å². The Bertz CT molecular complexity index is 1390. The van der Waals surface area contributed by atoms with Crippen LogP contribution >= 0.6 is 22.6 Å². The Hall–Kier alpha value is -2.47. The number of nitro groups is 1. The molecule has 1 amide bonds. The molecule has 0 spiro atoms. The van der Waals surface area contributed by atoms with Crippen LogP contribution in [0.25, 0.3) is 0 Å². The molecule has 2 unspecified atom stereocenters. The number of carbonyl (C=O) groups is 3. The van der Waals surface area contributed by atoms with Gasteiger partial charge in [0.1, 0.15) is 23.2 Å². The number of carboxylic acid groups (broad SMARTS) is 1. The van der Waals surface area contributed by atoms with E-state index in [1.807, 2.05) is 4.93 Å². The molecular formula is C30H41F15IN3O9. The summed E-state index contributed by atoms with van der Waals surface area (Å²) >= 11 is 2.15. The average Bonchev–Trinajstić information content (AvgIpc) is 3.88. The lowest BCUT2D eigenvalue weighted by atomic mass is 9.99. The maximum absolute atomic E-state index is 12.3. The summed E-state index contributed by atoms with van der Waals surface area (Å²) < 4.78 is 180. The molecule has 0 aromatic carbocycles. The number of hydroxylamine groups is 2. The molecule has 12 nitrogen and oxygen atoms in total. The largest absolute Gasteiger partial charge is 0.481 e. The van der Waals surface area contributed by atoms with E-state index in [-0.39, 0.29) is 77.0 Å². The van der Waals surface area contributed by atoms with Crippen molar-refractivity contribution in [3.05, 3.63) is 10.1 Å². The third-order valence-electron chi connectivity index (χ3n) is 10.1. The van der Waals surface area contributed by atoms with E-state index in [0.29, 0.717) is 5.06 Å². The second-order valence-corrected chi connectivity index (χ2v) is 13.8. The lowest BCUT2D eigenvalue weighted by Crippen LogP contribution is -2.41. The number of aliphatic hydroxyl groups is 2. The van der Waals surface area contributed by atoms with Gasteiger partial charge < -0.3 is 25.8 Å². The van der Waals surface area contributed by atoms with Gasteiger partial charge in [0.25, 0.3) is 5.91 Å². The van der Waals surface area contributed by atoms with Gasteiger partial charge in [0.05, 0.1) is 24.0 Å². The normalized spacial score (nSPS) is 21.8. The van der Waals surface area contributed by atoms with Crippen LogP contribution in [0.4, 0.5) is 65.9 Å². The number of rotatable bonds is 9. The molecule has 0 heterocycles. The molecular weight excluding hydrogens is 958 g/mol. The number of halogens is 16. The zero-order chi connectivity index (χ0) is 46.4. The number of aliphatic hydroxyl groups excluding tert-OH is 2. The Kier molecular flexibility index (Phi) is 18.7. The quantitative estimate of drug-likeness (QED) is 0.0469. The van der Waals surface area contributed by atoms with Crippen molar-refractivity contribution >= 4 is 40.8 Å². The Morgan fingerprint density at radius 2 is 1.07 bits per heavy atom. The molecule has 58 heavy (non-hydrogen) atoms. The number of aldehydes is 1. The number of aliphatic carboxylic acids is 1. The fourth-order valence-corrected chi connectivity index (χ4v) is 4.90. The number of carboxylic acids is 1. The maximum atomic E-state index is 12.3. The number of amides is 1. The van der Waals surface area contributed by atoms with Crippen molar-refractivity contribution < 1.29 is 105 Å². The molecule has 2 atom stereocenters. The van der Waals surface area contributed by atoms with Crippen LogP contribution < -0.4 is 5.73 Å². The Morgan fingerprint density at radius 3 is 1.19 bits per heavy atom. The van der Waals surface area contributed by atoms with E-state index in [0.717, 1.165) is 7.11 Å². The van der Waals surface area contributed by atoms with Gasteiger partial charge >= 0.3 is 36.9 Å². The van der Waals surface area contributed by atoms with Crippen LogP contribution in [0.15, 0.2) is 0 Å². The third-order valence-corrected chi connectivity index (χ3v) is 10.1. The first kappa shape index (κ1) is 55.5. The van der Waals surface area contributed by atoms with Gasteiger partial charge in [-0.2, -0.15) is 65.9 Å². The van der Waals surface area contributed by atoms with E-state index in [1.54, 1.807) is 0 Å². The minimum Gasteiger partial charge on any atom is -0.481 e. The van der Waals surface area contributed by atoms with Crippen molar-refractivity contribution in [2.45, 2.75) is 107 Å². The van der Waals surface area contributed by atoms with E-state index >= 15 is 0 Å². The lowest BCUT2D eigenvalue weighted by molar-refractivity contribution is -0.496. The molecule has 5 rings (SSSR count). The number of nitrogens with zero attached hydrogens (tertiary/aromatic N) is 2. The lowest BCUT2D eigenvalue weighted by Gasteiger charge is -2.23. The van der Waals surface area contributed by atoms with Crippen LogP contribution in [0.2, 0.25) is 0 Å². The van der Waals surface area contributed by atoms with Gasteiger partial charge in [-0.25, -0.2) is 5.06 Å². The number of hydrogen-bond donors (Lipinski definition) is 4. The van der Waals surface area contributed by atoms with Crippen LogP contribution in [-0.2, 0) is 19.2 Å². The maximum Gasteiger partial charge on any atom is 0.404 e. The molecule has 5 aliphatic rings. The molecule has 0 aromatic rings. The van der Waals surface area contributed by atoms with Crippen molar-refractivity contribution in [3.8, 4) is 0 Å². The summed E-state index contributed by atoms with van der Waals surface area (Å²) in [5.74, 6) is -2.76. The molecule has 342 valence electrons. The SMILES string of the molecule is CI.CON(C)C(=O)C1(C(F)(F)F)CC1.NCC(O)C1(C(F)(F)F)CC1.O=C(O)C1(C(F)(F)F)CC1.O=CC1(C(F)(F)F)CC1.O=[N+]([O-])CC(O)C1(C(F)(F)F)CC1. The van der Waals surface area contributed by atoms with Crippen LogP contribution in [0.5, 0.6) is 0 Å². The molecule has 0 aromatic heterocycles. The van der Waals surface area contributed by atoms with Gasteiger partial charge in [-0.1, -0.05) is 22.6 Å². The Morgan fingerprint density at radius 1 is 0.724 bits per heavy atom. The molecule has 28 heteroatoms. The number of nitrogens with two attached hydrogens (primary N) is 1. The fourth-order valence-electron chi connectivity index (χ4n) is 4.90. The smallest absolute Gasteiger partial charge is 0.404 e. The van der Waals surface area contributed by atoms with E-state index in [4.69, 9.17) is 21.1 Å². The zero-order valence-corrected chi connectivity index (χ0v) is 32.7. The number of hydrogen-bond acceptors (Lipinski definition) is 9. The molecule has 5 aliphatic carbocycles. The molecule has 5 saturated carbocycles. The number of carbonyl (C=O) groups excluding carboxylic acids is 2. The van der Waals surface area contributed by atoms with E-state index in [2.05, 4.69) is 27.4 Å². The summed E-state index contributed by atoms with van der Waals surface area (Å²) in [6, 6.07) is 0. The summed E-state index contributed by atoms with van der Waals surface area (Å²) in [4.78, 5) is 46.4. The van der Waals surface area contributed by atoms with Crippen molar-refractivity contribution in [1.29, 1.82) is 0 Å². The minimum absolute atomic E-state index is 0.00694. The highest BCUT2D eigenvalue weighted by Gasteiger charge is 2.71. The minimum atomic E-state index is -4.57. The zero-order valence-electron chi connectivity index (χ0n) is 30.5. The Labute approximate surface area is 333 Å². The summed E-state index contributed by atoms with van der Waals surface area (Å²) in [7, 11) is 2.33. The van der Waals surface area contributed by atoms with Gasteiger partial charge in [-0.05, 0) is 69.1 Å². The molecule has 5 N–H and O–H groups in total. The standard InChI is InChI=1S/C7H10F3NO2.C6H8F3NO3.C6H10F3NO.C5H5F3O2.C5H5F3O.CH3I/c1-11(13-2)5(12)6(3-4-6)7(8,9)10;7-6(8,9)5(1-2-5)4(11)3-10(12)13;7-6(8,9)5(1-2-5)4(11)3-10;6-5(7,8)4(1-2-4)3(9)10;6-5(7,8)4(3-9)1-2-4;1-2/h3-4H2,1-2H3;4,11H,1-3H2;4,11H,1-3,10H2;1-2H2,(H,9,10);3H,1-2H2;1H3. The second-order valence-electron chi connectivity index (χ2n) is 13.8. The monoisotopic (exact) mass is 999 g/mol. The summed E-state index contributed by atoms with van der Waals surface area (Å²) in [5, 5.41) is 36.6. The highest BCUT2D eigenvalue weighted by Crippen LogP contribution is 2.61. The van der Waals surface area contributed by atoms with Crippen LogP contribution in [0.3, 0.4) is 0 Å². The van der Waals surface area contributed by atoms with Crippen molar-refractivity contribution in [2.75, 3.05) is 32.2 Å². The first-order chi connectivity index (χ1) is 26.0. The van der Waals surface area contributed by atoms with Crippen molar-refractivity contribution in [2.24, 2.45) is 32.8 Å². The first-order valence-electron chi connectivity index (χ1n) is 16.4. The second kappa shape index (κ2) is 19.5. The molecule has 0 radical (unpaired) electrons. The molecule has 0 aliphatic heterocycles. The molecule has 0 saturated heterocycles. The van der Waals surface area contributed by atoms with Crippen molar-refractivity contribution in [1.82, 2.24) is 5.06 Å². The van der Waals surface area contributed by atoms with Gasteiger partial charge in [-0.15, -0.1) is 0 Å².